The maximum absolute atomic E-state index is 10.9. The topological polar surface area (TPSA) is 92.3 Å². The SMILES string of the molecule is CCOC(=O)Oc1nc(CN)n(C)n1. The molecule has 0 unspecified atom stereocenters. The van der Waals surface area contributed by atoms with Crippen LogP contribution in [0.2, 0.25) is 0 Å². The van der Waals surface area contributed by atoms with E-state index in [1.165, 1.54) is 4.68 Å². The molecule has 0 amide bonds. The molecule has 0 spiro atoms. The van der Waals surface area contributed by atoms with Crippen LogP contribution in [0, 0.1) is 0 Å². The van der Waals surface area contributed by atoms with Crippen molar-refractivity contribution in [1.29, 1.82) is 0 Å². The van der Waals surface area contributed by atoms with Crippen LogP contribution in [0.4, 0.5) is 4.79 Å². The van der Waals surface area contributed by atoms with Gasteiger partial charge in [0.2, 0.25) is 0 Å². The van der Waals surface area contributed by atoms with Crippen LogP contribution in [0.25, 0.3) is 0 Å². The lowest BCUT2D eigenvalue weighted by atomic mass is 10.6. The lowest BCUT2D eigenvalue weighted by molar-refractivity contribution is 0.101. The average molecular weight is 200 g/mol. The Morgan fingerprint density at radius 1 is 1.64 bits per heavy atom. The highest BCUT2D eigenvalue weighted by atomic mass is 16.7. The lowest BCUT2D eigenvalue weighted by Crippen LogP contribution is -2.11. The van der Waals surface area contributed by atoms with Gasteiger partial charge in [-0.25, -0.2) is 9.48 Å². The Balaban J connectivity index is 2.63. The molecule has 0 aromatic carbocycles. The van der Waals surface area contributed by atoms with Crippen LogP contribution < -0.4 is 10.5 Å². The van der Waals surface area contributed by atoms with Gasteiger partial charge < -0.3 is 15.2 Å². The summed E-state index contributed by atoms with van der Waals surface area (Å²) in [4.78, 5) is 14.7. The molecule has 78 valence electrons. The number of nitrogens with zero attached hydrogens (tertiary/aromatic N) is 3. The molecule has 1 heterocycles. The average Bonchev–Trinajstić information content (AvgIpc) is 2.46. The summed E-state index contributed by atoms with van der Waals surface area (Å²) in [6.07, 6.45) is -0.818. The molecule has 0 bridgehead atoms. The van der Waals surface area contributed by atoms with E-state index in [-0.39, 0.29) is 19.2 Å². The fourth-order valence-electron chi connectivity index (χ4n) is 0.834. The summed E-state index contributed by atoms with van der Waals surface area (Å²) in [5.41, 5.74) is 5.36. The van der Waals surface area contributed by atoms with E-state index < -0.39 is 6.16 Å². The molecule has 0 fully saturated rings. The second-order valence-electron chi connectivity index (χ2n) is 2.42. The summed E-state index contributed by atoms with van der Waals surface area (Å²) in [5.74, 6) is 0.532. The summed E-state index contributed by atoms with van der Waals surface area (Å²) in [5, 5.41) is 3.81. The number of aryl methyl sites for hydroxylation is 1. The van der Waals surface area contributed by atoms with E-state index >= 15 is 0 Å². The fraction of sp³-hybridized carbons (Fsp3) is 0.571. The number of hydrogen-bond donors (Lipinski definition) is 1. The van der Waals surface area contributed by atoms with Crippen LogP contribution in [0.3, 0.4) is 0 Å². The Morgan fingerprint density at radius 2 is 2.36 bits per heavy atom. The van der Waals surface area contributed by atoms with Gasteiger partial charge in [-0.1, -0.05) is 0 Å². The van der Waals surface area contributed by atoms with Gasteiger partial charge in [0, 0.05) is 7.05 Å². The highest BCUT2D eigenvalue weighted by Gasteiger charge is 2.11. The summed E-state index contributed by atoms with van der Waals surface area (Å²) >= 11 is 0. The standard InChI is InChI=1S/C7H12N4O3/c1-3-13-7(12)14-6-9-5(4-8)11(2)10-6/h3-4,8H2,1-2H3. The Hall–Kier alpha value is -1.63. The van der Waals surface area contributed by atoms with E-state index in [1.807, 2.05) is 0 Å². The number of hydrogen-bond acceptors (Lipinski definition) is 6. The third-order valence-electron chi connectivity index (χ3n) is 1.45. The minimum absolute atomic E-state index is 0.0496. The number of carbonyl (C=O) groups is 1. The Bertz CT molecular complexity index is 323. The maximum Gasteiger partial charge on any atom is 0.516 e. The summed E-state index contributed by atoms with van der Waals surface area (Å²) in [6.45, 7) is 2.16. The van der Waals surface area contributed by atoms with E-state index in [4.69, 9.17) is 5.73 Å². The first kappa shape index (κ1) is 10.5. The number of nitrogens with two attached hydrogens (primary N) is 1. The van der Waals surface area contributed by atoms with Gasteiger partial charge in [0.25, 0.3) is 0 Å². The van der Waals surface area contributed by atoms with Gasteiger partial charge >= 0.3 is 12.2 Å². The van der Waals surface area contributed by atoms with Crippen LogP contribution in [0.5, 0.6) is 6.01 Å². The highest BCUT2D eigenvalue weighted by molar-refractivity contribution is 5.62. The fourth-order valence-corrected chi connectivity index (χ4v) is 0.834. The Kier molecular flexibility index (Phi) is 3.41. The van der Waals surface area contributed by atoms with Crippen molar-refractivity contribution >= 4 is 6.16 Å². The Labute approximate surface area is 80.8 Å². The lowest BCUT2D eigenvalue weighted by Gasteiger charge is -1.97. The van der Waals surface area contributed by atoms with Gasteiger partial charge in [0.15, 0.2) is 0 Å². The van der Waals surface area contributed by atoms with Crippen molar-refractivity contribution < 1.29 is 14.3 Å². The molecule has 0 aliphatic carbocycles. The number of rotatable bonds is 3. The molecule has 1 aromatic rings. The monoisotopic (exact) mass is 200 g/mol. The van der Waals surface area contributed by atoms with Crippen molar-refractivity contribution in [3.63, 3.8) is 0 Å². The van der Waals surface area contributed by atoms with Gasteiger partial charge in [0.1, 0.15) is 5.82 Å². The smallest absolute Gasteiger partial charge is 0.434 e. The molecule has 0 radical (unpaired) electrons. The van der Waals surface area contributed by atoms with Crippen molar-refractivity contribution in [2.24, 2.45) is 12.8 Å². The predicted molar refractivity (Wildman–Crippen MR) is 46.5 cm³/mol. The molecule has 1 rings (SSSR count). The molecular weight excluding hydrogens is 188 g/mol. The minimum atomic E-state index is -0.818. The van der Waals surface area contributed by atoms with Gasteiger partial charge in [-0.2, -0.15) is 4.98 Å². The van der Waals surface area contributed by atoms with Crippen LogP contribution in [0.15, 0.2) is 0 Å². The molecule has 1 aromatic heterocycles. The van der Waals surface area contributed by atoms with Crippen molar-refractivity contribution in [3.05, 3.63) is 5.82 Å². The van der Waals surface area contributed by atoms with E-state index in [9.17, 15) is 4.79 Å². The van der Waals surface area contributed by atoms with Crippen LogP contribution in [-0.4, -0.2) is 27.5 Å². The van der Waals surface area contributed by atoms with Crippen LogP contribution in [-0.2, 0) is 18.3 Å². The summed E-state index contributed by atoms with van der Waals surface area (Å²) < 4.78 is 10.6. The second kappa shape index (κ2) is 4.56. The first-order chi connectivity index (χ1) is 6.67. The van der Waals surface area contributed by atoms with Gasteiger partial charge in [-0.15, -0.1) is 5.10 Å². The molecule has 0 atom stereocenters. The van der Waals surface area contributed by atoms with Crippen molar-refractivity contribution in [2.75, 3.05) is 6.61 Å². The summed E-state index contributed by atoms with van der Waals surface area (Å²) in [7, 11) is 1.66. The normalized spacial score (nSPS) is 9.93. The van der Waals surface area contributed by atoms with Crippen LogP contribution in [0.1, 0.15) is 12.7 Å². The molecule has 0 aliphatic heterocycles. The zero-order valence-electron chi connectivity index (χ0n) is 8.06. The van der Waals surface area contributed by atoms with Gasteiger partial charge in [-0.3, -0.25) is 0 Å². The molecular formula is C7H12N4O3. The third kappa shape index (κ3) is 2.43. The second-order valence-corrected chi connectivity index (χ2v) is 2.42. The first-order valence-electron chi connectivity index (χ1n) is 4.12. The number of ether oxygens (including phenoxy) is 2. The van der Waals surface area contributed by atoms with Gasteiger partial charge in [-0.05, 0) is 6.92 Å². The summed E-state index contributed by atoms with van der Waals surface area (Å²) in [6, 6.07) is -0.0496. The van der Waals surface area contributed by atoms with Crippen molar-refractivity contribution in [3.8, 4) is 6.01 Å². The number of aromatic nitrogens is 3. The zero-order chi connectivity index (χ0) is 10.6. The molecule has 2 N–H and O–H groups in total. The van der Waals surface area contributed by atoms with Gasteiger partial charge in [0.05, 0.1) is 13.2 Å². The zero-order valence-corrected chi connectivity index (χ0v) is 8.06. The molecule has 14 heavy (non-hydrogen) atoms. The van der Waals surface area contributed by atoms with Crippen molar-refractivity contribution in [2.45, 2.75) is 13.5 Å². The molecule has 0 saturated carbocycles. The van der Waals surface area contributed by atoms with E-state index in [0.717, 1.165) is 0 Å². The predicted octanol–water partition coefficient (Wildman–Crippen LogP) is -0.191. The molecule has 7 nitrogen and oxygen atoms in total. The molecule has 0 aliphatic rings. The minimum Gasteiger partial charge on any atom is -0.434 e. The van der Waals surface area contributed by atoms with Crippen LogP contribution >= 0.6 is 0 Å². The molecule has 0 saturated heterocycles. The largest absolute Gasteiger partial charge is 0.516 e. The first-order valence-corrected chi connectivity index (χ1v) is 4.12. The van der Waals surface area contributed by atoms with Crippen molar-refractivity contribution in [1.82, 2.24) is 14.8 Å². The quantitative estimate of drug-likeness (QED) is 0.680. The van der Waals surface area contributed by atoms with E-state index in [2.05, 4.69) is 19.6 Å². The van der Waals surface area contributed by atoms with E-state index in [0.29, 0.717) is 5.82 Å². The molecule has 7 heteroatoms. The van der Waals surface area contributed by atoms with E-state index in [1.54, 1.807) is 14.0 Å². The highest BCUT2D eigenvalue weighted by Crippen LogP contribution is 2.04. The third-order valence-corrected chi connectivity index (χ3v) is 1.45. The number of carbonyl (C=O) groups excluding carboxylic acids is 1. The Morgan fingerprint density at radius 3 is 2.86 bits per heavy atom. The maximum atomic E-state index is 10.9.